The number of para-hydroxylation sites is 1. The predicted molar refractivity (Wildman–Crippen MR) is 66.0 cm³/mol. The first-order chi connectivity index (χ1) is 8.90. The Kier molecular flexibility index (Phi) is 2.47. The summed E-state index contributed by atoms with van der Waals surface area (Å²) in [6.07, 6.45) is 3.44. The monoisotopic (exact) mass is 235 g/mol. The third kappa shape index (κ3) is 1.60. The van der Waals surface area contributed by atoms with Crippen molar-refractivity contribution in [3.05, 3.63) is 48.5 Å². The van der Waals surface area contributed by atoms with Crippen molar-refractivity contribution in [2.24, 2.45) is 0 Å². The van der Waals surface area contributed by atoms with E-state index in [0.717, 1.165) is 16.7 Å². The minimum atomic E-state index is 0.263. The number of benzene rings is 1. The van der Waals surface area contributed by atoms with Crippen molar-refractivity contribution >= 4 is 11.0 Å². The highest BCUT2D eigenvalue weighted by Gasteiger charge is 2.10. The van der Waals surface area contributed by atoms with E-state index in [-0.39, 0.29) is 6.42 Å². The third-order valence-electron chi connectivity index (χ3n) is 2.70. The van der Waals surface area contributed by atoms with Crippen LogP contribution in [0.4, 0.5) is 0 Å². The topological polar surface area (TPSA) is 67.4 Å². The van der Waals surface area contributed by atoms with E-state index >= 15 is 0 Å². The van der Waals surface area contributed by atoms with E-state index in [9.17, 15) is 0 Å². The molecule has 1 aromatic carbocycles. The van der Waals surface area contributed by atoms with Gasteiger partial charge in [0.05, 0.1) is 35.5 Å². The lowest BCUT2D eigenvalue weighted by Crippen LogP contribution is -1.98. The fourth-order valence-electron chi connectivity index (χ4n) is 1.87. The Labute approximate surface area is 103 Å². The SMILES string of the molecule is N#CCc1ncnc2c1cnn2-c1ccccc1. The van der Waals surface area contributed by atoms with Gasteiger partial charge in [-0.1, -0.05) is 18.2 Å². The zero-order valence-corrected chi connectivity index (χ0v) is 9.48. The Balaban J connectivity index is 2.22. The minimum absolute atomic E-state index is 0.263. The average molecular weight is 235 g/mol. The molecule has 2 aromatic heterocycles. The van der Waals surface area contributed by atoms with E-state index in [1.54, 1.807) is 10.9 Å². The largest absolute Gasteiger partial charge is 0.239 e. The molecule has 86 valence electrons. The molecule has 0 aliphatic carbocycles. The van der Waals surface area contributed by atoms with Crippen molar-refractivity contribution < 1.29 is 0 Å². The van der Waals surface area contributed by atoms with Crippen LogP contribution in [-0.4, -0.2) is 19.7 Å². The summed E-state index contributed by atoms with van der Waals surface area (Å²) in [4.78, 5) is 8.36. The molecule has 0 N–H and O–H groups in total. The van der Waals surface area contributed by atoms with Crippen LogP contribution in [0.25, 0.3) is 16.7 Å². The third-order valence-corrected chi connectivity index (χ3v) is 2.70. The summed E-state index contributed by atoms with van der Waals surface area (Å²) in [7, 11) is 0. The van der Waals surface area contributed by atoms with E-state index in [1.165, 1.54) is 6.33 Å². The van der Waals surface area contributed by atoms with E-state index in [4.69, 9.17) is 5.26 Å². The van der Waals surface area contributed by atoms with Gasteiger partial charge in [0.2, 0.25) is 0 Å². The number of rotatable bonds is 2. The lowest BCUT2D eigenvalue weighted by Gasteiger charge is -2.02. The van der Waals surface area contributed by atoms with Crippen molar-refractivity contribution in [3.63, 3.8) is 0 Å². The molecule has 0 fully saturated rings. The van der Waals surface area contributed by atoms with Gasteiger partial charge in [0.1, 0.15) is 6.33 Å². The Bertz CT molecular complexity index is 724. The molecule has 18 heavy (non-hydrogen) atoms. The lowest BCUT2D eigenvalue weighted by molar-refractivity contribution is 0.894. The number of hydrogen-bond donors (Lipinski definition) is 0. The summed E-state index contributed by atoms with van der Waals surface area (Å²) in [6.45, 7) is 0. The van der Waals surface area contributed by atoms with Crippen LogP contribution < -0.4 is 0 Å². The highest BCUT2D eigenvalue weighted by atomic mass is 15.3. The van der Waals surface area contributed by atoms with Gasteiger partial charge in [0.25, 0.3) is 0 Å². The second-order valence-electron chi connectivity index (χ2n) is 3.78. The summed E-state index contributed by atoms with van der Waals surface area (Å²) < 4.78 is 1.75. The molecule has 0 aliphatic heterocycles. The molecular weight excluding hydrogens is 226 g/mol. The van der Waals surface area contributed by atoms with E-state index in [0.29, 0.717) is 5.69 Å². The van der Waals surface area contributed by atoms with Gasteiger partial charge in [-0.3, -0.25) is 0 Å². The molecule has 0 unspecified atom stereocenters. The van der Waals surface area contributed by atoms with Crippen LogP contribution >= 0.6 is 0 Å². The summed E-state index contributed by atoms with van der Waals surface area (Å²) in [5.74, 6) is 0. The standard InChI is InChI=1S/C13H9N5/c14-7-6-12-11-8-17-18(13(11)16-9-15-12)10-4-2-1-3-5-10/h1-5,8-9H,6H2. The Morgan fingerprint density at radius 3 is 2.78 bits per heavy atom. The highest BCUT2D eigenvalue weighted by molar-refractivity contribution is 5.78. The molecule has 5 nitrogen and oxygen atoms in total. The van der Waals surface area contributed by atoms with Crippen LogP contribution in [0.3, 0.4) is 0 Å². The molecule has 0 atom stereocenters. The number of aromatic nitrogens is 4. The molecule has 0 aliphatic rings. The first kappa shape index (κ1) is 10.4. The van der Waals surface area contributed by atoms with E-state index in [1.807, 2.05) is 30.3 Å². The predicted octanol–water partition coefficient (Wildman–Crippen LogP) is 1.88. The van der Waals surface area contributed by atoms with Gasteiger partial charge in [0.15, 0.2) is 5.65 Å². The van der Waals surface area contributed by atoms with Crippen molar-refractivity contribution in [3.8, 4) is 11.8 Å². The number of fused-ring (bicyclic) bond motifs is 1. The first-order valence-corrected chi connectivity index (χ1v) is 5.50. The van der Waals surface area contributed by atoms with Gasteiger partial charge in [0, 0.05) is 0 Å². The van der Waals surface area contributed by atoms with Crippen LogP contribution in [0, 0.1) is 11.3 Å². The van der Waals surface area contributed by atoms with Gasteiger partial charge in [-0.05, 0) is 12.1 Å². The smallest absolute Gasteiger partial charge is 0.166 e. The summed E-state index contributed by atoms with van der Waals surface area (Å²) >= 11 is 0. The summed E-state index contributed by atoms with van der Waals surface area (Å²) in [6, 6.07) is 11.9. The maximum absolute atomic E-state index is 8.77. The molecule has 0 saturated carbocycles. The number of nitriles is 1. The molecule has 0 saturated heterocycles. The highest BCUT2D eigenvalue weighted by Crippen LogP contribution is 2.18. The molecule has 0 amide bonds. The van der Waals surface area contributed by atoms with Gasteiger partial charge in [-0.2, -0.15) is 10.4 Å². The molecule has 2 heterocycles. The number of nitrogens with zero attached hydrogens (tertiary/aromatic N) is 5. The second-order valence-corrected chi connectivity index (χ2v) is 3.78. The molecule has 0 radical (unpaired) electrons. The molecule has 5 heteroatoms. The number of hydrogen-bond acceptors (Lipinski definition) is 4. The van der Waals surface area contributed by atoms with Gasteiger partial charge in [-0.25, -0.2) is 14.6 Å². The summed E-state index contributed by atoms with van der Waals surface area (Å²) in [5, 5.41) is 13.9. The Hall–Kier alpha value is -2.74. The minimum Gasteiger partial charge on any atom is -0.239 e. The lowest BCUT2D eigenvalue weighted by atomic mass is 10.2. The van der Waals surface area contributed by atoms with Gasteiger partial charge >= 0.3 is 0 Å². The Morgan fingerprint density at radius 2 is 2.00 bits per heavy atom. The van der Waals surface area contributed by atoms with Crippen LogP contribution in [0.1, 0.15) is 5.69 Å². The quantitative estimate of drug-likeness (QED) is 0.680. The van der Waals surface area contributed by atoms with Crippen LogP contribution in [0.15, 0.2) is 42.9 Å². The fraction of sp³-hybridized carbons (Fsp3) is 0.0769. The zero-order valence-electron chi connectivity index (χ0n) is 9.48. The maximum atomic E-state index is 8.77. The van der Waals surface area contributed by atoms with Crippen molar-refractivity contribution in [2.45, 2.75) is 6.42 Å². The van der Waals surface area contributed by atoms with Gasteiger partial charge < -0.3 is 0 Å². The first-order valence-electron chi connectivity index (χ1n) is 5.50. The average Bonchev–Trinajstić information content (AvgIpc) is 2.85. The second kappa shape index (κ2) is 4.26. The van der Waals surface area contributed by atoms with Crippen LogP contribution in [0.5, 0.6) is 0 Å². The van der Waals surface area contributed by atoms with Crippen LogP contribution in [-0.2, 0) is 6.42 Å². The van der Waals surface area contributed by atoms with E-state index < -0.39 is 0 Å². The van der Waals surface area contributed by atoms with Crippen molar-refractivity contribution in [2.75, 3.05) is 0 Å². The van der Waals surface area contributed by atoms with Gasteiger partial charge in [-0.15, -0.1) is 0 Å². The van der Waals surface area contributed by atoms with E-state index in [2.05, 4.69) is 21.1 Å². The zero-order chi connectivity index (χ0) is 12.4. The molecular formula is C13H9N5. The van der Waals surface area contributed by atoms with Crippen molar-refractivity contribution in [1.82, 2.24) is 19.7 Å². The maximum Gasteiger partial charge on any atom is 0.166 e. The molecule has 3 rings (SSSR count). The van der Waals surface area contributed by atoms with Crippen molar-refractivity contribution in [1.29, 1.82) is 5.26 Å². The molecule has 0 bridgehead atoms. The fourth-order valence-corrected chi connectivity index (χ4v) is 1.87. The molecule has 3 aromatic rings. The Morgan fingerprint density at radius 1 is 1.17 bits per heavy atom. The molecule has 0 spiro atoms. The van der Waals surface area contributed by atoms with Crippen LogP contribution in [0.2, 0.25) is 0 Å². The normalized spacial score (nSPS) is 10.4. The summed E-state index contributed by atoms with van der Waals surface area (Å²) in [5.41, 5.74) is 2.38.